The van der Waals surface area contributed by atoms with E-state index in [1.807, 2.05) is 12.1 Å². The van der Waals surface area contributed by atoms with Crippen molar-refractivity contribution in [2.45, 2.75) is 16.7 Å². The summed E-state index contributed by atoms with van der Waals surface area (Å²) < 4.78 is 5.21. The summed E-state index contributed by atoms with van der Waals surface area (Å²) in [6, 6.07) is 18.8. The Kier molecular flexibility index (Phi) is 6.15. The summed E-state index contributed by atoms with van der Waals surface area (Å²) >= 11 is 1.04. The molecule has 0 radical (unpaired) electrons. The van der Waals surface area contributed by atoms with Gasteiger partial charge >= 0.3 is 5.97 Å². The minimum absolute atomic E-state index is 0.0240. The molecule has 8 nitrogen and oxygen atoms in total. The zero-order chi connectivity index (χ0) is 24.4. The molecule has 1 saturated heterocycles. The number of nitrogens with one attached hydrogen (secondary N) is 1. The molecule has 35 heavy (non-hydrogen) atoms. The number of amides is 2. The molecule has 9 heteroatoms. The van der Waals surface area contributed by atoms with Crippen LogP contribution in [0.2, 0.25) is 0 Å². The second-order valence-electron chi connectivity index (χ2n) is 7.85. The Morgan fingerprint density at radius 2 is 1.89 bits per heavy atom. The fraction of sp³-hybridized carbons (Fsp3) is 0.115. The van der Waals surface area contributed by atoms with Gasteiger partial charge < -0.3 is 9.72 Å². The smallest absolute Gasteiger partial charge is 0.341 e. The summed E-state index contributed by atoms with van der Waals surface area (Å²) in [4.78, 5) is 59.3. The molecule has 3 heterocycles. The van der Waals surface area contributed by atoms with Crippen LogP contribution in [0.3, 0.4) is 0 Å². The first-order chi connectivity index (χ1) is 17.0. The number of hydrogen-bond acceptors (Lipinski definition) is 7. The van der Waals surface area contributed by atoms with E-state index in [-0.39, 0.29) is 34.6 Å². The summed E-state index contributed by atoms with van der Waals surface area (Å²) in [6.45, 7) is -0.419. The normalized spacial score (nSPS) is 15.5. The van der Waals surface area contributed by atoms with Crippen LogP contribution in [0.1, 0.15) is 27.1 Å². The minimum Gasteiger partial charge on any atom is -0.454 e. The van der Waals surface area contributed by atoms with Gasteiger partial charge in [0.1, 0.15) is 5.03 Å². The Hall–Kier alpha value is -4.24. The number of carbonyl (C=O) groups is 4. The number of pyridine rings is 1. The van der Waals surface area contributed by atoms with E-state index in [1.165, 1.54) is 12.3 Å². The van der Waals surface area contributed by atoms with Gasteiger partial charge in [0.15, 0.2) is 12.4 Å². The predicted octanol–water partition coefficient (Wildman–Crippen LogP) is 4.03. The van der Waals surface area contributed by atoms with E-state index in [1.54, 1.807) is 54.7 Å². The lowest BCUT2D eigenvalue weighted by Gasteiger charge is -2.15. The fourth-order valence-corrected chi connectivity index (χ4v) is 4.94. The number of aromatic nitrogens is 2. The Balaban J connectivity index is 1.30. The molecule has 5 rings (SSSR count). The number of aromatic amines is 1. The number of H-pyrrole nitrogens is 1. The number of esters is 1. The van der Waals surface area contributed by atoms with E-state index >= 15 is 0 Å². The Morgan fingerprint density at radius 3 is 2.71 bits per heavy atom. The second kappa shape index (κ2) is 9.55. The summed E-state index contributed by atoms with van der Waals surface area (Å²) in [7, 11) is 0. The molecule has 0 aliphatic carbocycles. The molecular formula is C26H19N3O5S. The number of thioether (sulfide) groups is 1. The highest BCUT2D eigenvalue weighted by Gasteiger charge is 2.41. The van der Waals surface area contributed by atoms with Crippen LogP contribution in [-0.2, 0) is 14.3 Å². The largest absolute Gasteiger partial charge is 0.454 e. The second-order valence-corrected chi connectivity index (χ2v) is 9.04. The van der Waals surface area contributed by atoms with Gasteiger partial charge in [-0.3, -0.25) is 14.4 Å². The van der Waals surface area contributed by atoms with Crippen LogP contribution in [0.15, 0.2) is 84.1 Å². The van der Waals surface area contributed by atoms with Crippen molar-refractivity contribution in [2.75, 3.05) is 11.5 Å². The molecule has 0 bridgehead atoms. The number of ether oxygens (including phenoxy) is 1. The van der Waals surface area contributed by atoms with Gasteiger partial charge in [0, 0.05) is 29.9 Å². The number of ketones is 1. The molecule has 1 atom stereocenters. The lowest BCUT2D eigenvalue weighted by molar-refractivity contribution is -0.121. The first kappa shape index (κ1) is 22.5. The van der Waals surface area contributed by atoms with Crippen LogP contribution in [-0.4, -0.2) is 45.4 Å². The molecule has 2 amide bonds. The number of hydrogen-bond donors (Lipinski definition) is 1. The van der Waals surface area contributed by atoms with Gasteiger partial charge in [-0.1, -0.05) is 48.2 Å². The maximum atomic E-state index is 13.1. The monoisotopic (exact) mass is 485 g/mol. The van der Waals surface area contributed by atoms with Crippen LogP contribution in [0, 0.1) is 0 Å². The highest BCUT2D eigenvalue weighted by Crippen LogP contribution is 2.35. The van der Waals surface area contributed by atoms with E-state index in [0.29, 0.717) is 11.3 Å². The molecule has 174 valence electrons. The predicted molar refractivity (Wildman–Crippen MR) is 130 cm³/mol. The molecule has 0 saturated carbocycles. The minimum atomic E-state index is -0.741. The Labute approximate surface area is 204 Å². The fourth-order valence-electron chi connectivity index (χ4n) is 3.83. The van der Waals surface area contributed by atoms with Gasteiger partial charge in [-0.2, -0.15) is 0 Å². The topological polar surface area (TPSA) is 109 Å². The number of imide groups is 1. The molecule has 1 unspecified atom stereocenters. The van der Waals surface area contributed by atoms with E-state index in [4.69, 9.17) is 4.74 Å². The van der Waals surface area contributed by atoms with Crippen molar-refractivity contribution < 1.29 is 23.9 Å². The van der Waals surface area contributed by atoms with Crippen molar-refractivity contribution >= 4 is 51.9 Å². The molecule has 0 spiro atoms. The van der Waals surface area contributed by atoms with E-state index in [9.17, 15) is 19.2 Å². The van der Waals surface area contributed by atoms with Crippen LogP contribution in [0.25, 0.3) is 10.9 Å². The highest BCUT2D eigenvalue weighted by atomic mass is 32.2. The van der Waals surface area contributed by atoms with Crippen molar-refractivity contribution in [1.82, 2.24) is 9.97 Å². The summed E-state index contributed by atoms with van der Waals surface area (Å²) in [5.41, 5.74) is 1.87. The van der Waals surface area contributed by atoms with E-state index < -0.39 is 17.8 Å². The SMILES string of the molecule is O=C(COC(=O)c1cccnc1SC1CC(=O)N(c2ccc3cc[nH]c3c2)C1=O)c1ccccc1. The van der Waals surface area contributed by atoms with Crippen molar-refractivity contribution in [3.05, 3.63) is 90.3 Å². The average molecular weight is 486 g/mol. The molecular weight excluding hydrogens is 466 g/mol. The number of nitrogens with zero attached hydrogens (tertiary/aromatic N) is 2. The third-order valence-electron chi connectivity index (χ3n) is 5.58. The van der Waals surface area contributed by atoms with Gasteiger partial charge in [-0.15, -0.1) is 0 Å². The Morgan fingerprint density at radius 1 is 1.06 bits per heavy atom. The first-order valence-corrected chi connectivity index (χ1v) is 11.7. The van der Waals surface area contributed by atoms with E-state index in [2.05, 4.69) is 9.97 Å². The number of fused-ring (bicyclic) bond motifs is 1. The number of benzene rings is 2. The highest BCUT2D eigenvalue weighted by molar-refractivity contribution is 8.00. The molecule has 2 aromatic carbocycles. The van der Waals surface area contributed by atoms with Crippen molar-refractivity contribution in [2.24, 2.45) is 0 Å². The van der Waals surface area contributed by atoms with Gasteiger partial charge in [0.25, 0.3) is 0 Å². The van der Waals surface area contributed by atoms with Crippen LogP contribution < -0.4 is 4.90 Å². The van der Waals surface area contributed by atoms with Crippen molar-refractivity contribution in [3.63, 3.8) is 0 Å². The third-order valence-corrected chi connectivity index (χ3v) is 6.78. The summed E-state index contributed by atoms with van der Waals surface area (Å²) in [5.74, 6) is -1.76. The van der Waals surface area contributed by atoms with Crippen LogP contribution in [0.5, 0.6) is 0 Å². The lowest BCUT2D eigenvalue weighted by Crippen LogP contribution is -2.31. The zero-order valence-corrected chi connectivity index (χ0v) is 19.2. The molecule has 1 aliphatic heterocycles. The first-order valence-electron chi connectivity index (χ1n) is 10.8. The van der Waals surface area contributed by atoms with Crippen molar-refractivity contribution in [1.29, 1.82) is 0 Å². The average Bonchev–Trinajstić information content (AvgIpc) is 3.46. The maximum absolute atomic E-state index is 13.1. The third kappa shape index (κ3) is 4.58. The van der Waals surface area contributed by atoms with Crippen LogP contribution in [0.4, 0.5) is 5.69 Å². The van der Waals surface area contributed by atoms with Gasteiger partial charge in [-0.05, 0) is 35.7 Å². The standard InChI is InChI=1S/C26H19N3O5S/c30-21(17-5-2-1-3-6-17)15-34-26(33)19-7-4-11-28-24(19)35-22-14-23(31)29(25(22)32)18-9-8-16-10-12-27-20(16)13-18/h1-13,22,27H,14-15H2. The summed E-state index contributed by atoms with van der Waals surface area (Å²) in [5, 5.41) is 0.493. The molecule has 4 aromatic rings. The van der Waals surface area contributed by atoms with E-state index in [0.717, 1.165) is 27.6 Å². The quantitative estimate of drug-likeness (QED) is 0.239. The molecule has 1 aliphatic rings. The lowest BCUT2D eigenvalue weighted by atomic mass is 10.1. The Bertz CT molecular complexity index is 1450. The molecule has 1 N–H and O–H groups in total. The maximum Gasteiger partial charge on any atom is 0.341 e. The molecule has 2 aromatic heterocycles. The van der Waals surface area contributed by atoms with Crippen molar-refractivity contribution in [3.8, 4) is 0 Å². The number of carbonyl (C=O) groups excluding carboxylic acids is 4. The number of Topliss-reactive ketones (excluding diaryl/α,β-unsaturated/α-hetero) is 1. The molecule has 1 fully saturated rings. The van der Waals surface area contributed by atoms with Gasteiger partial charge in [0.05, 0.1) is 16.5 Å². The number of anilines is 1. The van der Waals surface area contributed by atoms with Gasteiger partial charge in [-0.25, -0.2) is 14.7 Å². The number of rotatable bonds is 7. The van der Waals surface area contributed by atoms with Gasteiger partial charge in [0.2, 0.25) is 11.8 Å². The zero-order valence-electron chi connectivity index (χ0n) is 18.3. The van der Waals surface area contributed by atoms with Crippen LogP contribution >= 0.6 is 11.8 Å². The summed E-state index contributed by atoms with van der Waals surface area (Å²) in [6.07, 6.45) is 3.26.